The minimum Gasteiger partial charge on any atom is -0.504 e. The molecule has 22 heavy (non-hydrogen) atoms. The van der Waals surface area contributed by atoms with Gasteiger partial charge in [0.15, 0.2) is 11.5 Å². The summed E-state index contributed by atoms with van der Waals surface area (Å²) in [5, 5.41) is 12.3. The molecule has 4 heteroatoms. The summed E-state index contributed by atoms with van der Waals surface area (Å²) < 4.78 is 5.01. The third kappa shape index (κ3) is 7.16. The molecule has 0 aliphatic carbocycles. The second-order valence-corrected chi connectivity index (χ2v) is 5.78. The van der Waals surface area contributed by atoms with Gasteiger partial charge in [0.2, 0.25) is 5.91 Å². The Morgan fingerprint density at radius 2 is 2.09 bits per heavy atom. The lowest BCUT2D eigenvalue weighted by Crippen LogP contribution is -2.11. The minimum absolute atomic E-state index is 0.0149. The molecule has 0 atom stereocenters. The Balaban J connectivity index is 2.25. The van der Waals surface area contributed by atoms with E-state index in [1.54, 1.807) is 12.1 Å². The van der Waals surface area contributed by atoms with Crippen LogP contribution in [0.2, 0.25) is 0 Å². The van der Waals surface area contributed by atoms with Crippen LogP contribution in [-0.2, 0) is 4.79 Å². The zero-order valence-electron chi connectivity index (χ0n) is 13.8. The lowest BCUT2D eigenvalue weighted by Gasteiger charge is -2.08. The Labute approximate surface area is 133 Å². The summed E-state index contributed by atoms with van der Waals surface area (Å²) in [6.45, 7) is 4.40. The molecule has 0 fully saturated rings. The highest BCUT2D eigenvalue weighted by Gasteiger charge is 2.06. The van der Waals surface area contributed by atoms with Crippen LogP contribution in [0.3, 0.4) is 0 Å². The number of phenols is 1. The third-order valence-corrected chi connectivity index (χ3v) is 3.26. The van der Waals surface area contributed by atoms with Crippen molar-refractivity contribution in [3.05, 3.63) is 30.4 Å². The zero-order valence-corrected chi connectivity index (χ0v) is 13.8. The molecule has 0 radical (unpaired) electrons. The summed E-state index contributed by atoms with van der Waals surface area (Å²) in [7, 11) is 1.48. The lowest BCUT2D eigenvalue weighted by molar-refractivity contribution is -0.116. The van der Waals surface area contributed by atoms with Gasteiger partial charge >= 0.3 is 0 Å². The van der Waals surface area contributed by atoms with Crippen molar-refractivity contribution in [2.45, 2.75) is 46.0 Å². The normalized spacial score (nSPS) is 11.1. The number of allylic oxidation sites excluding steroid dienone is 2. The molecule has 0 aromatic heterocycles. The number of ether oxygens (including phenoxy) is 1. The maximum absolute atomic E-state index is 11.8. The minimum atomic E-state index is -0.0149. The number of benzene rings is 1. The largest absolute Gasteiger partial charge is 0.504 e. The van der Waals surface area contributed by atoms with Crippen LogP contribution in [0.15, 0.2) is 30.4 Å². The maximum Gasteiger partial charge on any atom is 0.224 e. The number of unbranched alkanes of at least 4 members (excludes halogenated alkanes) is 2. The Morgan fingerprint density at radius 1 is 1.32 bits per heavy atom. The monoisotopic (exact) mass is 305 g/mol. The van der Waals surface area contributed by atoms with Gasteiger partial charge in [-0.05, 0) is 43.7 Å². The number of carbonyl (C=O) groups is 1. The molecule has 0 spiro atoms. The van der Waals surface area contributed by atoms with E-state index in [4.69, 9.17) is 4.74 Å². The van der Waals surface area contributed by atoms with Crippen LogP contribution in [0.4, 0.5) is 5.69 Å². The van der Waals surface area contributed by atoms with Crippen molar-refractivity contribution in [3.63, 3.8) is 0 Å². The van der Waals surface area contributed by atoms with Gasteiger partial charge in [0.05, 0.1) is 7.11 Å². The quantitative estimate of drug-likeness (QED) is 0.401. The van der Waals surface area contributed by atoms with E-state index in [1.165, 1.54) is 13.2 Å². The van der Waals surface area contributed by atoms with Crippen molar-refractivity contribution >= 4 is 11.6 Å². The standard InChI is InChI=1S/C18H27NO3/c1-14(2)9-7-5-4-6-8-10-18(21)19-15-11-12-16(20)17(13-15)22-3/h5,7,11-14,20H,4,6,8-10H2,1-3H3,(H,19,21)/b7-5+. The van der Waals surface area contributed by atoms with Crippen molar-refractivity contribution in [1.29, 1.82) is 0 Å². The van der Waals surface area contributed by atoms with Gasteiger partial charge < -0.3 is 15.2 Å². The summed E-state index contributed by atoms with van der Waals surface area (Å²) in [6, 6.07) is 4.78. The summed E-state index contributed by atoms with van der Waals surface area (Å²) in [5.74, 6) is 1.10. The van der Waals surface area contributed by atoms with Crippen LogP contribution in [0.1, 0.15) is 46.0 Å². The molecule has 1 aromatic carbocycles. The SMILES string of the molecule is COc1cc(NC(=O)CCCC/C=C/CC(C)C)ccc1O. The molecule has 2 N–H and O–H groups in total. The molecule has 0 unspecified atom stereocenters. The van der Waals surface area contributed by atoms with Crippen LogP contribution in [0.5, 0.6) is 11.5 Å². The average molecular weight is 305 g/mol. The van der Waals surface area contributed by atoms with Crippen LogP contribution < -0.4 is 10.1 Å². The first-order valence-electron chi connectivity index (χ1n) is 7.84. The Kier molecular flexibility index (Phi) is 8.11. The smallest absolute Gasteiger partial charge is 0.224 e. The highest BCUT2D eigenvalue weighted by Crippen LogP contribution is 2.28. The van der Waals surface area contributed by atoms with Gasteiger partial charge in [-0.15, -0.1) is 0 Å². The molecule has 1 aromatic rings. The number of phenolic OH excluding ortho intramolecular Hbond substituents is 1. The lowest BCUT2D eigenvalue weighted by atomic mass is 10.1. The first-order valence-corrected chi connectivity index (χ1v) is 7.84. The summed E-state index contributed by atoms with van der Waals surface area (Å²) in [5.41, 5.74) is 0.636. The Hall–Kier alpha value is -1.97. The fourth-order valence-electron chi connectivity index (χ4n) is 2.01. The number of nitrogens with one attached hydrogen (secondary N) is 1. The molecule has 1 rings (SSSR count). The fourth-order valence-corrected chi connectivity index (χ4v) is 2.01. The number of anilines is 1. The molecule has 0 saturated carbocycles. The van der Waals surface area contributed by atoms with Crippen molar-refractivity contribution in [1.82, 2.24) is 0 Å². The fraction of sp³-hybridized carbons (Fsp3) is 0.500. The number of aromatic hydroxyl groups is 1. The molecule has 122 valence electrons. The van der Waals surface area contributed by atoms with Gasteiger partial charge in [-0.3, -0.25) is 4.79 Å². The molecular weight excluding hydrogens is 278 g/mol. The topological polar surface area (TPSA) is 58.6 Å². The summed E-state index contributed by atoms with van der Waals surface area (Å²) >= 11 is 0. The van der Waals surface area contributed by atoms with E-state index >= 15 is 0 Å². The van der Waals surface area contributed by atoms with Crippen molar-refractivity contribution in [2.75, 3.05) is 12.4 Å². The van der Waals surface area contributed by atoms with Gasteiger partial charge in [0, 0.05) is 18.2 Å². The van der Waals surface area contributed by atoms with Crippen LogP contribution in [0, 0.1) is 5.92 Å². The van der Waals surface area contributed by atoms with Gasteiger partial charge in [-0.25, -0.2) is 0 Å². The predicted octanol–water partition coefficient (Wildman–Crippen LogP) is 4.50. The molecule has 0 heterocycles. The first kappa shape index (κ1) is 18.1. The molecule has 4 nitrogen and oxygen atoms in total. The molecule has 0 bridgehead atoms. The number of amides is 1. The summed E-state index contributed by atoms with van der Waals surface area (Å²) in [4.78, 5) is 11.8. The number of hydrogen-bond acceptors (Lipinski definition) is 3. The molecule has 1 amide bonds. The van der Waals surface area contributed by atoms with E-state index in [0.29, 0.717) is 23.8 Å². The average Bonchev–Trinajstić information content (AvgIpc) is 2.48. The number of carbonyl (C=O) groups excluding carboxylic acids is 1. The number of hydrogen-bond donors (Lipinski definition) is 2. The van der Waals surface area contributed by atoms with E-state index in [2.05, 4.69) is 31.3 Å². The molecule has 0 aliphatic rings. The number of rotatable bonds is 9. The Bertz CT molecular complexity index is 495. The molecule has 0 aliphatic heterocycles. The highest BCUT2D eigenvalue weighted by molar-refractivity contribution is 5.91. The van der Waals surface area contributed by atoms with Crippen molar-refractivity contribution in [3.8, 4) is 11.5 Å². The highest BCUT2D eigenvalue weighted by atomic mass is 16.5. The number of methoxy groups -OCH3 is 1. The molecular formula is C18H27NO3. The first-order chi connectivity index (χ1) is 10.5. The predicted molar refractivity (Wildman–Crippen MR) is 90.4 cm³/mol. The van der Waals surface area contributed by atoms with E-state index < -0.39 is 0 Å². The maximum atomic E-state index is 11.8. The van der Waals surface area contributed by atoms with E-state index in [9.17, 15) is 9.90 Å². The zero-order chi connectivity index (χ0) is 16.4. The second-order valence-electron chi connectivity index (χ2n) is 5.78. The van der Waals surface area contributed by atoms with Crippen molar-refractivity contribution < 1.29 is 14.6 Å². The van der Waals surface area contributed by atoms with Crippen LogP contribution in [0.25, 0.3) is 0 Å². The molecule has 0 saturated heterocycles. The van der Waals surface area contributed by atoms with Gasteiger partial charge in [0.1, 0.15) is 0 Å². The van der Waals surface area contributed by atoms with Gasteiger partial charge in [-0.2, -0.15) is 0 Å². The van der Waals surface area contributed by atoms with Crippen LogP contribution >= 0.6 is 0 Å². The third-order valence-electron chi connectivity index (χ3n) is 3.26. The van der Waals surface area contributed by atoms with Crippen molar-refractivity contribution in [2.24, 2.45) is 5.92 Å². The van der Waals surface area contributed by atoms with E-state index in [-0.39, 0.29) is 11.7 Å². The second kappa shape index (κ2) is 9.87. The van der Waals surface area contributed by atoms with Gasteiger partial charge in [0.25, 0.3) is 0 Å². The Morgan fingerprint density at radius 3 is 2.77 bits per heavy atom. The van der Waals surface area contributed by atoms with E-state index in [0.717, 1.165) is 25.7 Å². The van der Waals surface area contributed by atoms with Gasteiger partial charge in [-0.1, -0.05) is 26.0 Å². The van der Waals surface area contributed by atoms with Crippen LogP contribution in [-0.4, -0.2) is 18.1 Å². The van der Waals surface area contributed by atoms with E-state index in [1.807, 2.05) is 0 Å². The summed E-state index contributed by atoms with van der Waals surface area (Å²) in [6.07, 6.45) is 8.93.